The summed E-state index contributed by atoms with van der Waals surface area (Å²) in [6.45, 7) is 4.23. The van der Waals surface area contributed by atoms with Crippen LogP contribution in [0.3, 0.4) is 0 Å². The summed E-state index contributed by atoms with van der Waals surface area (Å²) in [5, 5.41) is 0. The molecule has 0 aliphatic rings. The first-order valence-electron chi connectivity index (χ1n) is 8.36. The number of halogens is 3. The van der Waals surface area contributed by atoms with Crippen LogP contribution < -0.4 is 9.47 Å². The average Bonchev–Trinajstić information content (AvgIpc) is 2.60. The SMILES string of the molecule is CCC(CC)Oc1ccc(C(c2ccc(OC)cc2)C(Cl)(Cl)Cl)cc1. The Morgan fingerprint density at radius 1 is 0.800 bits per heavy atom. The van der Waals surface area contributed by atoms with Crippen LogP contribution in [0.15, 0.2) is 48.5 Å². The maximum atomic E-state index is 6.28. The van der Waals surface area contributed by atoms with Crippen molar-refractivity contribution in [1.29, 1.82) is 0 Å². The van der Waals surface area contributed by atoms with E-state index in [1.165, 1.54) is 0 Å². The molecule has 0 fully saturated rings. The molecule has 25 heavy (non-hydrogen) atoms. The molecule has 1 atom stereocenters. The molecule has 0 saturated heterocycles. The van der Waals surface area contributed by atoms with Crippen molar-refractivity contribution >= 4 is 34.8 Å². The molecule has 1 unspecified atom stereocenters. The molecule has 136 valence electrons. The van der Waals surface area contributed by atoms with E-state index < -0.39 is 3.79 Å². The monoisotopic (exact) mass is 400 g/mol. The van der Waals surface area contributed by atoms with Gasteiger partial charge in [0.25, 0.3) is 0 Å². The molecular formula is C20H23Cl3O2. The Morgan fingerprint density at radius 3 is 1.60 bits per heavy atom. The molecule has 2 aromatic rings. The molecule has 0 aliphatic heterocycles. The van der Waals surface area contributed by atoms with Crippen LogP contribution in [-0.2, 0) is 0 Å². The second-order valence-electron chi connectivity index (χ2n) is 5.87. The second kappa shape index (κ2) is 9.02. The summed E-state index contributed by atoms with van der Waals surface area (Å²) in [7, 11) is 1.63. The lowest BCUT2D eigenvalue weighted by molar-refractivity contribution is 0.193. The van der Waals surface area contributed by atoms with E-state index in [0.717, 1.165) is 35.5 Å². The van der Waals surface area contributed by atoms with Crippen molar-refractivity contribution in [2.75, 3.05) is 7.11 Å². The molecule has 2 rings (SSSR count). The summed E-state index contributed by atoms with van der Waals surface area (Å²) in [6.07, 6.45) is 2.17. The zero-order chi connectivity index (χ0) is 18.4. The first-order chi connectivity index (χ1) is 11.9. The van der Waals surface area contributed by atoms with Crippen molar-refractivity contribution in [2.45, 2.75) is 42.5 Å². The van der Waals surface area contributed by atoms with Crippen molar-refractivity contribution in [3.05, 3.63) is 59.7 Å². The maximum Gasteiger partial charge on any atom is 0.201 e. The molecule has 0 amide bonds. The van der Waals surface area contributed by atoms with Gasteiger partial charge in [0.2, 0.25) is 3.79 Å². The molecule has 0 N–H and O–H groups in total. The lowest BCUT2D eigenvalue weighted by atomic mass is 9.92. The Balaban J connectivity index is 2.29. The van der Waals surface area contributed by atoms with Gasteiger partial charge in [-0.3, -0.25) is 0 Å². The van der Waals surface area contributed by atoms with E-state index in [1.807, 2.05) is 48.5 Å². The van der Waals surface area contributed by atoms with Gasteiger partial charge in [-0.1, -0.05) is 72.9 Å². The van der Waals surface area contributed by atoms with Gasteiger partial charge in [-0.25, -0.2) is 0 Å². The first kappa shape index (κ1) is 20.2. The minimum atomic E-state index is -1.47. The van der Waals surface area contributed by atoms with Gasteiger partial charge in [-0.15, -0.1) is 0 Å². The zero-order valence-electron chi connectivity index (χ0n) is 14.6. The van der Waals surface area contributed by atoms with Gasteiger partial charge in [0, 0.05) is 0 Å². The average molecular weight is 402 g/mol. The highest BCUT2D eigenvalue weighted by atomic mass is 35.6. The number of benzene rings is 2. The van der Waals surface area contributed by atoms with Crippen LogP contribution in [0.2, 0.25) is 0 Å². The van der Waals surface area contributed by atoms with Crippen LogP contribution in [0.25, 0.3) is 0 Å². The van der Waals surface area contributed by atoms with E-state index in [2.05, 4.69) is 13.8 Å². The van der Waals surface area contributed by atoms with Crippen LogP contribution >= 0.6 is 34.8 Å². The number of rotatable bonds is 7. The smallest absolute Gasteiger partial charge is 0.201 e. The van der Waals surface area contributed by atoms with E-state index in [-0.39, 0.29) is 12.0 Å². The number of hydrogen-bond donors (Lipinski definition) is 0. The lowest BCUT2D eigenvalue weighted by Gasteiger charge is -2.26. The van der Waals surface area contributed by atoms with Crippen LogP contribution in [0.5, 0.6) is 11.5 Å². The number of alkyl halides is 3. The predicted octanol–water partition coefficient (Wildman–Crippen LogP) is 6.76. The van der Waals surface area contributed by atoms with Crippen molar-refractivity contribution in [3.8, 4) is 11.5 Å². The Kier molecular flexibility index (Phi) is 7.30. The summed E-state index contributed by atoms with van der Waals surface area (Å²) in [4.78, 5) is 0. The molecule has 0 heterocycles. The molecule has 0 radical (unpaired) electrons. The van der Waals surface area contributed by atoms with Gasteiger partial charge in [0.15, 0.2) is 0 Å². The summed E-state index contributed by atoms with van der Waals surface area (Å²) in [5.41, 5.74) is 1.83. The van der Waals surface area contributed by atoms with Crippen molar-refractivity contribution in [1.82, 2.24) is 0 Å². The fraction of sp³-hybridized carbons (Fsp3) is 0.400. The fourth-order valence-corrected chi connectivity index (χ4v) is 3.51. The third-order valence-corrected chi connectivity index (χ3v) is 4.86. The van der Waals surface area contributed by atoms with E-state index in [0.29, 0.717) is 0 Å². The van der Waals surface area contributed by atoms with Gasteiger partial charge in [0.1, 0.15) is 11.5 Å². The topological polar surface area (TPSA) is 18.5 Å². The van der Waals surface area contributed by atoms with E-state index in [4.69, 9.17) is 44.3 Å². The van der Waals surface area contributed by atoms with Gasteiger partial charge < -0.3 is 9.47 Å². The van der Waals surface area contributed by atoms with Crippen LogP contribution in [-0.4, -0.2) is 17.0 Å². The molecule has 2 aromatic carbocycles. The Labute approximate surface area is 165 Å². The highest BCUT2D eigenvalue weighted by Gasteiger charge is 2.35. The summed E-state index contributed by atoms with van der Waals surface area (Å²) in [5.74, 6) is 1.21. The third kappa shape index (κ3) is 5.44. The van der Waals surface area contributed by atoms with Gasteiger partial charge in [0.05, 0.1) is 19.1 Å². The largest absolute Gasteiger partial charge is 0.497 e. The highest BCUT2D eigenvalue weighted by Crippen LogP contribution is 2.46. The Hall–Kier alpha value is -1.09. The highest BCUT2D eigenvalue weighted by molar-refractivity contribution is 6.68. The lowest BCUT2D eigenvalue weighted by Crippen LogP contribution is -2.18. The predicted molar refractivity (Wildman–Crippen MR) is 107 cm³/mol. The van der Waals surface area contributed by atoms with E-state index >= 15 is 0 Å². The molecule has 2 nitrogen and oxygen atoms in total. The molecular weight excluding hydrogens is 379 g/mol. The van der Waals surface area contributed by atoms with E-state index in [1.54, 1.807) is 7.11 Å². The van der Waals surface area contributed by atoms with Gasteiger partial charge in [-0.2, -0.15) is 0 Å². The minimum Gasteiger partial charge on any atom is -0.497 e. The summed E-state index contributed by atoms with van der Waals surface area (Å²) < 4.78 is 9.69. The maximum absolute atomic E-state index is 6.28. The number of methoxy groups -OCH3 is 1. The quantitative estimate of drug-likeness (QED) is 0.477. The van der Waals surface area contributed by atoms with Crippen LogP contribution in [0.4, 0.5) is 0 Å². The zero-order valence-corrected chi connectivity index (χ0v) is 16.9. The normalized spacial score (nSPS) is 12.9. The Bertz CT molecular complexity index is 644. The van der Waals surface area contributed by atoms with Gasteiger partial charge in [-0.05, 0) is 48.2 Å². The first-order valence-corrected chi connectivity index (χ1v) is 9.49. The van der Waals surface area contributed by atoms with Crippen molar-refractivity contribution in [2.24, 2.45) is 0 Å². The number of hydrogen-bond acceptors (Lipinski definition) is 2. The Morgan fingerprint density at radius 2 is 1.24 bits per heavy atom. The molecule has 0 aliphatic carbocycles. The summed E-state index contributed by atoms with van der Waals surface area (Å²) >= 11 is 18.8. The molecule has 0 saturated carbocycles. The van der Waals surface area contributed by atoms with E-state index in [9.17, 15) is 0 Å². The fourth-order valence-electron chi connectivity index (χ4n) is 2.75. The molecule has 5 heteroatoms. The van der Waals surface area contributed by atoms with Crippen LogP contribution in [0, 0.1) is 0 Å². The summed E-state index contributed by atoms with van der Waals surface area (Å²) in [6, 6.07) is 15.3. The van der Waals surface area contributed by atoms with Crippen molar-refractivity contribution in [3.63, 3.8) is 0 Å². The second-order valence-corrected chi connectivity index (χ2v) is 8.24. The van der Waals surface area contributed by atoms with Gasteiger partial charge >= 0.3 is 0 Å². The molecule has 0 aromatic heterocycles. The third-order valence-electron chi connectivity index (χ3n) is 4.20. The van der Waals surface area contributed by atoms with Crippen molar-refractivity contribution < 1.29 is 9.47 Å². The standard InChI is InChI=1S/C20H23Cl3O2/c1-4-16(5-2)25-18-12-8-15(9-13-18)19(20(21,22)23)14-6-10-17(24-3)11-7-14/h6-13,16,19H,4-5H2,1-3H3. The minimum absolute atomic E-state index is 0.219. The molecule has 0 bridgehead atoms. The van der Waals surface area contributed by atoms with Crippen LogP contribution in [0.1, 0.15) is 43.7 Å². The molecule has 0 spiro atoms. The number of ether oxygens (including phenoxy) is 2.